The molecular formula is C20H34O. The quantitative estimate of drug-likeness (QED) is 0.635. The van der Waals surface area contributed by atoms with Crippen LogP contribution >= 0.6 is 0 Å². The second-order valence-corrected chi connectivity index (χ2v) is 7.05. The first-order valence-corrected chi connectivity index (χ1v) is 9.35. The van der Waals surface area contributed by atoms with Crippen LogP contribution in [0.3, 0.4) is 0 Å². The van der Waals surface area contributed by atoms with Crippen LogP contribution in [0.1, 0.15) is 83.5 Å². The molecule has 0 bridgehead atoms. The summed E-state index contributed by atoms with van der Waals surface area (Å²) in [7, 11) is 0. The summed E-state index contributed by atoms with van der Waals surface area (Å²) in [6.07, 6.45) is 24.3. The van der Waals surface area contributed by atoms with E-state index in [0.29, 0.717) is 12.5 Å². The molecule has 120 valence electrons. The zero-order valence-electron chi connectivity index (χ0n) is 13.7. The molecule has 0 aromatic rings. The maximum atomic E-state index is 9.82. The van der Waals surface area contributed by atoms with Crippen LogP contribution in [-0.4, -0.2) is 11.7 Å². The first-order valence-electron chi connectivity index (χ1n) is 9.35. The van der Waals surface area contributed by atoms with Crippen molar-refractivity contribution in [2.75, 3.05) is 6.61 Å². The Balaban J connectivity index is 1.82. The van der Waals surface area contributed by atoms with Crippen molar-refractivity contribution >= 4 is 0 Å². The average molecular weight is 290 g/mol. The maximum Gasteiger partial charge on any atom is 0.0496 e. The molecule has 2 unspecified atom stereocenters. The molecule has 1 nitrogen and oxygen atoms in total. The third-order valence-electron chi connectivity index (χ3n) is 5.36. The Bertz CT molecular complexity index is 329. The highest BCUT2D eigenvalue weighted by molar-refractivity contribution is 5.08. The highest BCUT2D eigenvalue weighted by atomic mass is 16.3. The van der Waals surface area contributed by atoms with Crippen molar-refractivity contribution in [3.63, 3.8) is 0 Å². The number of hydrogen-bond acceptors (Lipinski definition) is 1. The van der Waals surface area contributed by atoms with Gasteiger partial charge in [-0.05, 0) is 63.7 Å². The molecule has 1 N–H and O–H groups in total. The molecule has 0 saturated carbocycles. The minimum absolute atomic E-state index is 0.356. The van der Waals surface area contributed by atoms with Crippen LogP contribution in [0.5, 0.6) is 0 Å². The van der Waals surface area contributed by atoms with Gasteiger partial charge in [0.15, 0.2) is 0 Å². The summed E-state index contributed by atoms with van der Waals surface area (Å²) in [5, 5.41) is 9.82. The molecule has 1 heteroatoms. The van der Waals surface area contributed by atoms with Gasteiger partial charge < -0.3 is 5.11 Å². The maximum absolute atomic E-state index is 9.82. The van der Waals surface area contributed by atoms with E-state index in [-0.39, 0.29) is 0 Å². The fourth-order valence-corrected chi connectivity index (χ4v) is 3.90. The van der Waals surface area contributed by atoms with Crippen molar-refractivity contribution in [2.45, 2.75) is 83.5 Å². The van der Waals surface area contributed by atoms with Gasteiger partial charge in [-0.2, -0.15) is 0 Å². The van der Waals surface area contributed by atoms with Gasteiger partial charge in [0.1, 0.15) is 0 Å². The van der Waals surface area contributed by atoms with Crippen LogP contribution < -0.4 is 0 Å². The fraction of sp³-hybridized carbons (Fsp3) is 0.800. The first kappa shape index (κ1) is 16.8. The van der Waals surface area contributed by atoms with Crippen molar-refractivity contribution in [3.05, 3.63) is 23.8 Å². The molecule has 0 aromatic carbocycles. The monoisotopic (exact) mass is 290 g/mol. The molecule has 0 heterocycles. The molecule has 2 aliphatic rings. The Labute approximate surface area is 131 Å². The lowest BCUT2D eigenvalue weighted by Gasteiger charge is -2.23. The number of aliphatic hydroxyl groups is 1. The van der Waals surface area contributed by atoms with Crippen molar-refractivity contribution in [1.82, 2.24) is 0 Å². The highest BCUT2D eigenvalue weighted by Crippen LogP contribution is 2.30. The molecule has 0 aromatic heterocycles. The number of hydrogen-bond donors (Lipinski definition) is 1. The van der Waals surface area contributed by atoms with Crippen molar-refractivity contribution < 1.29 is 5.11 Å². The van der Waals surface area contributed by atoms with Gasteiger partial charge in [0.05, 0.1) is 0 Å². The van der Waals surface area contributed by atoms with Gasteiger partial charge in [-0.15, -0.1) is 0 Å². The van der Waals surface area contributed by atoms with E-state index in [1.54, 1.807) is 5.57 Å². The Morgan fingerprint density at radius 1 is 1.00 bits per heavy atom. The smallest absolute Gasteiger partial charge is 0.0496 e. The molecule has 2 atom stereocenters. The summed E-state index contributed by atoms with van der Waals surface area (Å²) in [6.45, 7) is 0.356. The molecule has 2 aliphatic carbocycles. The molecule has 21 heavy (non-hydrogen) atoms. The molecule has 0 spiro atoms. The largest absolute Gasteiger partial charge is 0.396 e. The van der Waals surface area contributed by atoms with Crippen LogP contribution in [0, 0.1) is 11.8 Å². The molecule has 0 radical (unpaired) electrons. The van der Waals surface area contributed by atoms with E-state index in [1.165, 1.54) is 83.5 Å². The standard InChI is InChI=1S/C20H34O/c21-17-20(19-13-9-5-2-6-10-14-19)16-15-18-11-7-3-1-4-8-12-18/h3,7,13,18,20-21H,1-2,4-6,8-12,14-17H2. The minimum Gasteiger partial charge on any atom is -0.396 e. The second kappa shape index (κ2) is 10.2. The topological polar surface area (TPSA) is 20.2 Å². The Morgan fingerprint density at radius 3 is 2.76 bits per heavy atom. The summed E-state index contributed by atoms with van der Waals surface area (Å²) < 4.78 is 0. The summed E-state index contributed by atoms with van der Waals surface area (Å²) >= 11 is 0. The number of aliphatic hydroxyl groups excluding tert-OH is 1. The van der Waals surface area contributed by atoms with E-state index in [9.17, 15) is 5.11 Å². The highest BCUT2D eigenvalue weighted by Gasteiger charge is 2.17. The Hall–Kier alpha value is -0.560. The summed E-state index contributed by atoms with van der Waals surface area (Å²) in [4.78, 5) is 0. The van der Waals surface area contributed by atoms with Crippen LogP contribution in [-0.2, 0) is 0 Å². The fourth-order valence-electron chi connectivity index (χ4n) is 3.90. The number of allylic oxidation sites excluding steroid dienone is 3. The van der Waals surface area contributed by atoms with Crippen molar-refractivity contribution in [3.8, 4) is 0 Å². The van der Waals surface area contributed by atoms with E-state index in [4.69, 9.17) is 0 Å². The Morgan fingerprint density at radius 2 is 1.86 bits per heavy atom. The van der Waals surface area contributed by atoms with E-state index in [0.717, 1.165) is 5.92 Å². The molecule has 0 amide bonds. The molecule has 2 rings (SSSR count). The van der Waals surface area contributed by atoms with E-state index >= 15 is 0 Å². The van der Waals surface area contributed by atoms with Crippen molar-refractivity contribution in [1.29, 1.82) is 0 Å². The predicted octanol–water partition coefficient (Wildman–Crippen LogP) is 5.79. The average Bonchev–Trinajstić information content (AvgIpc) is 2.42. The predicted molar refractivity (Wildman–Crippen MR) is 91.3 cm³/mol. The first-order chi connectivity index (χ1) is 10.4. The van der Waals surface area contributed by atoms with E-state index < -0.39 is 0 Å². The minimum atomic E-state index is 0.356. The van der Waals surface area contributed by atoms with Crippen LogP contribution in [0.2, 0.25) is 0 Å². The molecule has 0 saturated heterocycles. The van der Waals surface area contributed by atoms with Gasteiger partial charge in [0.2, 0.25) is 0 Å². The van der Waals surface area contributed by atoms with Gasteiger partial charge in [-0.3, -0.25) is 0 Å². The lowest BCUT2D eigenvalue weighted by molar-refractivity contribution is 0.225. The number of rotatable bonds is 5. The van der Waals surface area contributed by atoms with E-state index in [2.05, 4.69) is 18.2 Å². The summed E-state index contributed by atoms with van der Waals surface area (Å²) in [5.41, 5.74) is 1.57. The van der Waals surface area contributed by atoms with Gasteiger partial charge in [-0.1, -0.05) is 49.5 Å². The normalized spacial score (nSPS) is 26.1. The third-order valence-corrected chi connectivity index (χ3v) is 5.36. The third kappa shape index (κ3) is 6.38. The van der Waals surface area contributed by atoms with E-state index in [1.807, 2.05) is 0 Å². The zero-order valence-corrected chi connectivity index (χ0v) is 13.7. The Kier molecular flexibility index (Phi) is 8.17. The zero-order chi connectivity index (χ0) is 14.8. The molecule has 0 fully saturated rings. The van der Waals surface area contributed by atoms with Gasteiger partial charge in [0.25, 0.3) is 0 Å². The second-order valence-electron chi connectivity index (χ2n) is 7.05. The lowest BCUT2D eigenvalue weighted by Crippen LogP contribution is -2.13. The van der Waals surface area contributed by atoms with Crippen LogP contribution in [0.4, 0.5) is 0 Å². The summed E-state index contributed by atoms with van der Waals surface area (Å²) in [5.74, 6) is 1.29. The van der Waals surface area contributed by atoms with Crippen LogP contribution in [0.25, 0.3) is 0 Å². The van der Waals surface area contributed by atoms with Gasteiger partial charge in [0, 0.05) is 12.5 Å². The van der Waals surface area contributed by atoms with Gasteiger partial charge in [-0.25, -0.2) is 0 Å². The SMILES string of the molecule is OCC(CCC1CC=CCCCC1)C1=CCCCCCC1. The van der Waals surface area contributed by atoms with Gasteiger partial charge >= 0.3 is 0 Å². The van der Waals surface area contributed by atoms with Crippen molar-refractivity contribution in [2.24, 2.45) is 11.8 Å². The van der Waals surface area contributed by atoms with Crippen LogP contribution in [0.15, 0.2) is 23.8 Å². The lowest BCUT2D eigenvalue weighted by atomic mass is 9.83. The molecular weight excluding hydrogens is 256 g/mol. The molecule has 0 aliphatic heterocycles. The summed E-state index contributed by atoms with van der Waals surface area (Å²) in [6, 6.07) is 0.